The van der Waals surface area contributed by atoms with Crippen molar-refractivity contribution < 1.29 is 27.1 Å². The van der Waals surface area contributed by atoms with Gasteiger partial charge in [-0.05, 0) is 30.0 Å². The molecule has 0 saturated heterocycles. The van der Waals surface area contributed by atoms with Gasteiger partial charge in [-0.25, -0.2) is 4.79 Å². The van der Waals surface area contributed by atoms with E-state index >= 15 is 0 Å². The maximum Gasteiger partial charge on any atom is 0.500 e. The average Bonchev–Trinajstić information content (AvgIpc) is 1.99. The second kappa shape index (κ2) is 4.52. The Hall–Kier alpha value is -1.24. The zero-order chi connectivity index (χ0) is 11.5. The Kier molecular flexibility index (Phi) is 3.57. The zero-order valence-electron chi connectivity index (χ0n) is 7.05. The van der Waals surface area contributed by atoms with Crippen molar-refractivity contribution in [3.63, 3.8) is 0 Å². The standard InChI is InChI=1S/C8H4F4O2S/c9-7(13)14-5-2-1-3-6(4-5)15-8(10,11)12/h1-4H. The molecule has 0 aromatic heterocycles. The predicted molar refractivity (Wildman–Crippen MR) is 45.5 cm³/mol. The van der Waals surface area contributed by atoms with E-state index in [1.54, 1.807) is 0 Å². The lowest BCUT2D eigenvalue weighted by Crippen LogP contribution is -2.00. The lowest BCUT2D eigenvalue weighted by molar-refractivity contribution is -0.0328. The van der Waals surface area contributed by atoms with E-state index in [9.17, 15) is 22.4 Å². The molecule has 2 nitrogen and oxygen atoms in total. The van der Waals surface area contributed by atoms with Gasteiger partial charge >= 0.3 is 11.7 Å². The molecule has 7 heteroatoms. The fourth-order valence-corrected chi connectivity index (χ4v) is 1.42. The SMILES string of the molecule is O=C(F)Oc1cccc(SC(F)(F)F)c1. The van der Waals surface area contributed by atoms with Gasteiger partial charge in [-0.1, -0.05) is 6.07 Å². The van der Waals surface area contributed by atoms with Crippen LogP contribution in [0.1, 0.15) is 0 Å². The van der Waals surface area contributed by atoms with Crippen LogP contribution in [-0.2, 0) is 0 Å². The fourth-order valence-electron chi connectivity index (χ4n) is 0.827. The molecule has 0 radical (unpaired) electrons. The van der Waals surface area contributed by atoms with E-state index in [1.165, 1.54) is 18.2 Å². The number of halogens is 4. The summed E-state index contributed by atoms with van der Waals surface area (Å²) in [7, 11) is 0. The molecule has 0 aliphatic heterocycles. The van der Waals surface area contributed by atoms with Gasteiger partial charge in [0.1, 0.15) is 5.75 Å². The Morgan fingerprint density at radius 1 is 1.33 bits per heavy atom. The van der Waals surface area contributed by atoms with E-state index < -0.39 is 11.7 Å². The van der Waals surface area contributed by atoms with Crippen molar-refractivity contribution >= 4 is 18.0 Å². The number of alkyl halides is 3. The summed E-state index contributed by atoms with van der Waals surface area (Å²) in [5.74, 6) is -0.267. The summed E-state index contributed by atoms with van der Waals surface area (Å²) in [4.78, 5) is 9.71. The molecule has 15 heavy (non-hydrogen) atoms. The van der Waals surface area contributed by atoms with Crippen molar-refractivity contribution in [2.24, 2.45) is 0 Å². The third-order valence-electron chi connectivity index (χ3n) is 1.24. The summed E-state index contributed by atoms with van der Waals surface area (Å²) in [5, 5.41) is 0. The smallest absolute Gasteiger partial charge is 0.401 e. The van der Waals surface area contributed by atoms with Crippen LogP contribution in [0.25, 0.3) is 0 Å². The minimum absolute atomic E-state index is 0.179. The first-order valence-corrected chi connectivity index (χ1v) is 4.41. The predicted octanol–water partition coefficient (Wildman–Crippen LogP) is 3.77. The van der Waals surface area contributed by atoms with Crippen LogP contribution in [0.4, 0.5) is 22.4 Å². The van der Waals surface area contributed by atoms with Gasteiger partial charge in [0.2, 0.25) is 0 Å². The monoisotopic (exact) mass is 240 g/mol. The van der Waals surface area contributed by atoms with E-state index in [4.69, 9.17) is 0 Å². The Morgan fingerprint density at radius 3 is 2.53 bits per heavy atom. The zero-order valence-corrected chi connectivity index (χ0v) is 7.86. The van der Waals surface area contributed by atoms with Gasteiger partial charge in [-0.15, -0.1) is 4.39 Å². The summed E-state index contributed by atoms with van der Waals surface area (Å²) in [6, 6.07) is 4.51. The molecule has 1 rings (SSSR count). The molecule has 0 fully saturated rings. The molecular formula is C8H4F4O2S. The second-order valence-electron chi connectivity index (χ2n) is 2.36. The normalized spacial score (nSPS) is 11.2. The lowest BCUT2D eigenvalue weighted by atomic mass is 10.3. The van der Waals surface area contributed by atoms with Crippen LogP contribution in [0.3, 0.4) is 0 Å². The van der Waals surface area contributed by atoms with Crippen LogP contribution in [0, 0.1) is 0 Å². The van der Waals surface area contributed by atoms with Crippen molar-refractivity contribution in [1.29, 1.82) is 0 Å². The van der Waals surface area contributed by atoms with Gasteiger partial charge in [-0.2, -0.15) is 13.2 Å². The molecule has 0 aliphatic rings. The molecule has 1 aromatic rings. The van der Waals surface area contributed by atoms with Crippen LogP contribution >= 0.6 is 11.8 Å². The first-order chi connectivity index (χ1) is 6.87. The number of thioether (sulfide) groups is 1. The van der Waals surface area contributed by atoms with Crippen LogP contribution in [-0.4, -0.2) is 11.7 Å². The van der Waals surface area contributed by atoms with E-state index in [1.807, 2.05) is 0 Å². The van der Waals surface area contributed by atoms with E-state index in [0.717, 1.165) is 6.07 Å². The van der Waals surface area contributed by atoms with Crippen LogP contribution in [0.2, 0.25) is 0 Å². The average molecular weight is 240 g/mol. The Balaban J connectivity index is 2.79. The molecule has 0 bridgehead atoms. The molecule has 0 aliphatic carbocycles. The minimum atomic E-state index is -4.43. The number of hydrogen-bond acceptors (Lipinski definition) is 3. The number of rotatable bonds is 2. The molecule has 0 spiro atoms. The van der Waals surface area contributed by atoms with Crippen molar-refractivity contribution in [3.8, 4) is 5.75 Å². The first kappa shape index (κ1) is 11.8. The molecule has 0 N–H and O–H groups in total. The summed E-state index contributed by atoms with van der Waals surface area (Å²) >= 11 is -0.372. The van der Waals surface area contributed by atoms with Gasteiger partial charge in [0.05, 0.1) is 0 Å². The van der Waals surface area contributed by atoms with Crippen LogP contribution in [0.5, 0.6) is 5.75 Å². The van der Waals surface area contributed by atoms with Crippen LogP contribution in [0.15, 0.2) is 29.2 Å². The summed E-state index contributed by atoms with van der Waals surface area (Å²) < 4.78 is 51.5. The van der Waals surface area contributed by atoms with Gasteiger partial charge in [0, 0.05) is 4.90 Å². The quantitative estimate of drug-likeness (QED) is 0.447. The molecule has 0 saturated carbocycles. The van der Waals surface area contributed by atoms with Crippen molar-refractivity contribution in [2.45, 2.75) is 10.4 Å². The van der Waals surface area contributed by atoms with E-state index in [0.29, 0.717) is 0 Å². The summed E-state index contributed by atoms with van der Waals surface area (Å²) in [5.41, 5.74) is -4.43. The Labute approximate surface area is 86.2 Å². The second-order valence-corrected chi connectivity index (χ2v) is 3.50. The van der Waals surface area contributed by atoms with Crippen molar-refractivity contribution in [3.05, 3.63) is 24.3 Å². The Bertz CT molecular complexity index is 364. The molecule has 0 atom stereocenters. The van der Waals surface area contributed by atoms with Gasteiger partial charge in [-0.3, -0.25) is 0 Å². The van der Waals surface area contributed by atoms with Gasteiger partial charge < -0.3 is 4.74 Å². The molecule has 1 aromatic carbocycles. The van der Waals surface area contributed by atoms with Crippen molar-refractivity contribution in [2.75, 3.05) is 0 Å². The molecule has 0 amide bonds. The molecular weight excluding hydrogens is 236 g/mol. The molecule has 82 valence electrons. The lowest BCUT2D eigenvalue weighted by Gasteiger charge is -2.06. The number of carbonyl (C=O) groups excluding carboxylic acids is 1. The van der Waals surface area contributed by atoms with Gasteiger partial charge in [0.25, 0.3) is 0 Å². The number of benzene rings is 1. The highest BCUT2D eigenvalue weighted by molar-refractivity contribution is 8.00. The topological polar surface area (TPSA) is 26.3 Å². The van der Waals surface area contributed by atoms with Crippen LogP contribution < -0.4 is 4.74 Å². The van der Waals surface area contributed by atoms with Crippen molar-refractivity contribution in [1.82, 2.24) is 0 Å². The fraction of sp³-hybridized carbons (Fsp3) is 0.125. The maximum atomic E-state index is 11.9. The third kappa shape index (κ3) is 4.68. The highest BCUT2D eigenvalue weighted by Gasteiger charge is 2.29. The highest BCUT2D eigenvalue weighted by atomic mass is 32.2. The van der Waals surface area contributed by atoms with E-state index in [-0.39, 0.29) is 22.4 Å². The molecule has 0 heterocycles. The molecule has 0 unspecified atom stereocenters. The first-order valence-electron chi connectivity index (χ1n) is 3.60. The highest BCUT2D eigenvalue weighted by Crippen LogP contribution is 2.37. The van der Waals surface area contributed by atoms with Gasteiger partial charge in [0.15, 0.2) is 0 Å². The maximum absolute atomic E-state index is 11.9. The summed E-state index contributed by atoms with van der Waals surface area (Å²) in [6.45, 7) is 0. The number of ether oxygens (including phenoxy) is 1. The number of hydrogen-bond donors (Lipinski definition) is 0. The minimum Gasteiger partial charge on any atom is -0.401 e. The largest absolute Gasteiger partial charge is 0.500 e. The third-order valence-corrected chi connectivity index (χ3v) is 1.96. The summed E-state index contributed by atoms with van der Waals surface area (Å²) in [6.07, 6.45) is -2.07. The van der Waals surface area contributed by atoms with E-state index in [2.05, 4.69) is 4.74 Å². The number of carbonyl (C=O) groups is 1. The Morgan fingerprint density at radius 2 is 2.00 bits per heavy atom.